The molecule has 1 aromatic rings. The van der Waals surface area contributed by atoms with Gasteiger partial charge in [0.2, 0.25) is 0 Å². The smallest absolute Gasteiger partial charge is 0.125 e. The van der Waals surface area contributed by atoms with E-state index in [4.69, 9.17) is 0 Å². The van der Waals surface area contributed by atoms with Crippen LogP contribution >= 0.6 is 0 Å². The largest absolute Gasteiger partial charge is 0.242 e. The van der Waals surface area contributed by atoms with E-state index in [1.807, 2.05) is 37.3 Å². The zero-order valence-corrected chi connectivity index (χ0v) is 6.05. The third-order valence-electron chi connectivity index (χ3n) is 1.52. The molecule has 0 spiro atoms. The number of halogens is 1. The van der Waals surface area contributed by atoms with Crippen molar-refractivity contribution in [2.75, 3.05) is 0 Å². The highest BCUT2D eigenvalue weighted by atomic mass is 19.1. The van der Waals surface area contributed by atoms with Crippen LogP contribution in [0, 0.1) is 0 Å². The molecule has 54 valence electrons. The van der Waals surface area contributed by atoms with Crippen molar-refractivity contribution < 1.29 is 4.39 Å². The van der Waals surface area contributed by atoms with Crippen molar-refractivity contribution in [2.45, 2.75) is 19.5 Å². The Kier molecular flexibility index (Phi) is 2.43. The molecule has 0 aliphatic heterocycles. The zero-order chi connectivity index (χ0) is 7.40. The van der Waals surface area contributed by atoms with Crippen molar-refractivity contribution in [3.05, 3.63) is 35.9 Å². The van der Waals surface area contributed by atoms with Gasteiger partial charge in [-0.1, -0.05) is 37.3 Å². The first-order valence-electron chi connectivity index (χ1n) is 3.53. The van der Waals surface area contributed by atoms with Gasteiger partial charge in [-0.15, -0.1) is 0 Å². The van der Waals surface area contributed by atoms with Gasteiger partial charge >= 0.3 is 0 Å². The molecule has 0 radical (unpaired) electrons. The molecule has 0 nitrogen and oxygen atoms in total. The molecule has 0 saturated carbocycles. The molecule has 0 saturated heterocycles. The number of hydrogen-bond donors (Lipinski definition) is 0. The predicted molar refractivity (Wildman–Crippen MR) is 40.6 cm³/mol. The number of rotatable bonds is 2. The van der Waals surface area contributed by atoms with Gasteiger partial charge in [0.05, 0.1) is 0 Å². The van der Waals surface area contributed by atoms with Crippen LogP contribution in [-0.2, 0) is 0 Å². The summed E-state index contributed by atoms with van der Waals surface area (Å²) in [6, 6.07) is 9.24. The number of alkyl halides is 1. The minimum Gasteiger partial charge on any atom is -0.242 e. The summed E-state index contributed by atoms with van der Waals surface area (Å²) < 4.78 is 12.9. The van der Waals surface area contributed by atoms with E-state index in [9.17, 15) is 4.39 Å². The van der Waals surface area contributed by atoms with Crippen molar-refractivity contribution >= 4 is 0 Å². The second kappa shape index (κ2) is 3.35. The van der Waals surface area contributed by atoms with E-state index >= 15 is 0 Å². The van der Waals surface area contributed by atoms with Gasteiger partial charge < -0.3 is 0 Å². The maximum absolute atomic E-state index is 12.9. The molecule has 0 unspecified atom stereocenters. The van der Waals surface area contributed by atoms with Crippen LogP contribution in [0.3, 0.4) is 0 Å². The number of hydrogen-bond acceptors (Lipinski definition) is 0. The van der Waals surface area contributed by atoms with E-state index in [1.54, 1.807) is 0 Å². The molecule has 10 heavy (non-hydrogen) atoms. The van der Waals surface area contributed by atoms with E-state index in [0.29, 0.717) is 6.42 Å². The first-order valence-corrected chi connectivity index (χ1v) is 3.53. The van der Waals surface area contributed by atoms with Crippen LogP contribution in [0.15, 0.2) is 30.3 Å². The minimum atomic E-state index is -0.791. The summed E-state index contributed by atoms with van der Waals surface area (Å²) in [4.78, 5) is 0. The van der Waals surface area contributed by atoms with Crippen LogP contribution in [-0.4, -0.2) is 0 Å². The lowest BCUT2D eigenvalue weighted by Crippen LogP contribution is -1.86. The molecule has 0 aromatic heterocycles. The van der Waals surface area contributed by atoms with E-state index < -0.39 is 6.17 Å². The Bertz CT molecular complexity index is 181. The Morgan fingerprint density at radius 1 is 1.30 bits per heavy atom. The fourth-order valence-corrected chi connectivity index (χ4v) is 0.898. The topological polar surface area (TPSA) is 0 Å². The van der Waals surface area contributed by atoms with Gasteiger partial charge in [-0.05, 0) is 12.0 Å². The van der Waals surface area contributed by atoms with Crippen LogP contribution in [0.2, 0.25) is 0 Å². The van der Waals surface area contributed by atoms with Crippen molar-refractivity contribution in [2.24, 2.45) is 0 Å². The molecule has 1 rings (SSSR count). The molecular formula is C9H11F. The maximum Gasteiger partial charge on any atom is 0.125 e. The highest BCUT2D eigenvalue weighted by molar-refractivity contribution is 5.16. The minimum absolute atomic E-state index is 0.560. The van der Waals surface area contributed by atoms with Gasteiger partial charge in [-0.25, -0.2) is 4.39 Å². The molecule has 1 aromatic carbocycles. The summed E-state index contributed by atoms with van der Waals surface area (Å²) in [5.74, 6) is 0. The SMILES string of the molecule is CC[C@H](F)c1ccccc1. The third kappa shape index (κ3) is 1.56. The average Bonchev–Trinajstić information content (AvgIpc) is 2.05. The Labute approximate surface area is 60.7 Å². The lowest BCUT2D eigenvalue weighted by molar-refractivity contribution is 0.334. The summed E-state index contributed by atoms with van der Waals surface area (Å²) in [7, 11) is 0. The summed E-state index contributed by atoms with van der Waals surface area (Å²) in [6.07, 6.45) is -0.231. The van der Waals surface area contributed by atoms with E-state index in [1.165, 1.54) is 0 Å². The van der Waals surface area contributed by atoms with Gasteiger partial charge in [-0.3, -0.25) is 0 Å². The Morgan fingerprint density at radius 2 is 1.90 bits per heavy atom. The Balaban J connectivity index is 2.75. The second-order valence-corrected chi connectivity index (χ2v) is 2.29. The molecule has 0 aliphatic rings. The quantitative estimate of drug-likeness (QED) is 0.589. The monoisotopic (exact) mass is 138 g/mol. The third-order valence-corrected chi connectivity index (χ3v) is 1.52. The fraction of sp³-hybridized carbons (Fsp3) is 0.333. The van der Waals surface area contributed by atoms with Crippen molar-refractivity contribution in [3.63, 3.8) is 0 Å². The van der Waals surface area contributed by atoms with E-state index in [-0.39, 0.29) is 0 Å². The lowest BCUT2D eigenvalue weighted by Gasteiger charge is -2.02. The van der Waals surface area contributed by atoms with Crippen LogP contribution in [0.1, 0.15) is 25.1 Å². The molecule has 0 N–H and O–H groups in total. The summed E-state index contributed by atoms with van der Waals surface area (Å²) in [6.45, 7) is 1.84. The lowest BCUT2D eigenvalue weighted by atomic mass is 10.1. The molecular weight excluding hydrogens is 127 g/mol. The van der Waals surface area contributed by atoms with E-state index in [0.717, 1.165) is 5.56 Å². The van der Waals surface area contributed by atoms with Gasteiger partial charge in [0.25, 0.3) is 0 Å². The first kappa shape index (κ1) is 7.26. The van der Waals surface area contributed by atoms with Gasteiger partial charge in [0.1, 0.15) is 6.17 Å². The second-order valence-electron chi connectivity index (χ2n) is 2.29. The number of benzene rings is 1. The highest BCUT2D eigenvalue weighted by Crippen LogP contribution is 2.19. The highest BCUT2D eigenvalue weighted by Gasteiger charge is 2.03. The molecule has 1 atom stereocenters. The molecule has 0 aliphatic carbocycles. The Hall–Kier alpha value is -0.850. The van der Waals surface area contributed by atoms with Crippen LogP contribution in [0.5, 0.6) is 0 Å². The molecule has 0 fully saturated rings. The normalized spacial score (nSPS) is 13.0. The molecule has 0 bridgehead atoms. The van der Waals surface area contributed by atoms with Crippen molar-refractivity contribution in [3.8, 4) is 0 Å². The zero-order valence-electron chi connectivity index (χ0n) is 6.05. The summed E-state index contributed by atoms with van der Waals surface area (Å²) >= 11 is 0. The van der Waals surface area contributed by atoms with Crippen LogP contribution in [0.25, 0.3) is 0 Å². The molecule has 0 amide bonds. The van der Waals surface area contributed by atoms with Gasteiger partial charge in [0.15, 0.2) is 0 Å². The first-order chi connectivity index (χ1) is 4.84. The van der Waals surface area contributed by atoms with Gasteiger partial charge in [-0.2, -0.15) is 0 Å². The Morgan fingerprint density at radius 3 is 2.40 bits per heavy atom. The predicted octanol–water partition coefficient (Wildman–Crippen LogP) is 3.11. The van der Waals surface area contributed by atoms with Crippen molar-refractivity contribution in [1.82, 2.24) is 0 Å². The summed E-state index contributed by atoms with van der Waals surface area (Å²) in [5, 5.41) is 0. The van der Waals surface area contributed by atoms with Crippen LogP contribution < -0.4 is 0 Å². The van der Waals surface area contributed by atoms with Gasteiger partial charge in [0, 0.05) is 0 Å². The van der Waals surface area contributed by atoms with Crippen LogP contribution in [0.4, 0.5) is 4.39 Å². The standard InChI is InChI=1S/C9H11F/c1-2-9(10)8-6-4-3-5-7-8/h3-7,9H,2H2,1H3/t9-/m0/s1. The van der Waals surface area contributed by atoms with Crippen molar-refractivity contribution in [1.29, 1.82) is 0 Å². The molecule has 0 heterocycles. The fourth-order valence-electron chi connectivity index (χ4n) is 0.898. The summed E-state index contributed by atoms with van der Waals surface area (Å²) in [5.41, 5.74) is 0.782. The molecule has 1 heteroatoms. The average molecular weight is 138 g/mol. The maximum atomic E-state index is 12.9. The van der Waals surface area contributed by atoms with E-state index in [2.05, 4.69) is 0 Å².